The van der Waals surface area contributed by atoms with Gasteiger partial charge in [-0.25, -0.2) is 5.10 Å². The minimum absolute atomic E-state index is 0.0418. The maximum absolute atomic E-state index is 9.89. The Labute approximate surface area is 157 Å². The van der Waals surface area contributed by atoms with Gasteiger partial charge in [-0.15, -0.1) is 0 Å². The van der Waals surface area contributed by atoms with E-state index in [1.54, 1.807) is 23.0 Å². The molecule has 25 heavy (non-hydrogen) atoms. The van der Waals surface area contributed by atoms with Crippen LogP contribution in [0.4, 0.5) is 0 Å². The molecule has 3 aromatic rings. The highest BCUT2D eigenvalue weighted by Gasteiger charge is 2.11. The average molecular weight is 419 g/mol. The molecule has 1 aromatic heterocycles. The molecule has 2 aromatic carbocycles. The van der Waals surface area contributed by atoms with E-state index in [2.05, 4.69) is 31.2 Å². The Morgan fingerprint density at radius 3 is 2.84 bits per heavy atom. The van der Waals surface area contributed by atoms with Crippen molar-refractivity contribution in [3.63, 3.8) is 0 Å². The SMILES string of the molecule is COc1cc(/C=N\n2c(-c3ccccc3C)n[nH]c2=S)cc(Br)c1O. The Hall–Kier alpha value is -2.45. The number of nitrogens with zero attached hydrogens (tertiary/aromatic N) is 3. The van der Waals surface area contributed by atoms with Crippen LogP contribution >= 0.6 is 28.1 Å². The van der Waals surface area contributed by atoms with Crippen LogP contribution in [0.5, 0.6) is 11.5 Å². The van der Waals surface area contributed by atoms with Gasteiger partial charge in [0.25, 0.3) is 0 Å². The lowest BCUT2D eigenvalue weighted by Crippen LogP contribution is -1.97. The van der Waals surface area contributed by atoms with Gasteiger partial charge in [-0.1, -0.05) is 24.3 Å². The molecule has 128 valence electrons. The van der Waals surface area contributed by atoms with E-state index in [9.17, 15) is 5.11 Å². The maximum atomic E-state index is 9.89. The first-order chi connectivity index (χ1) is 12.0. The molecule has 0 aliphatic carbocycles. The van der Waals surface area contributed by atoms with Crippen LogP contribution in [-0.2, 0) is 0 Å². The first kappa shape index (κ1) is 17.4. The Bertz CT molecular complexity index is 1010. The third-order valence-electron chi connectivity index (χ3n) is 3.63. The lowest BCUT2D eigenvalue weighted by Gasteiger charge is -2.07. The third-order valence-corrected chi connectivity index (χ3v) is 4.50. The molecule has 0 saturated heterocycles. The molecule has 0 radical (unpaired) electrons. The molecule has 6 nitrogen and oxygen atoms in total. The van der Waals surface area contributed by atoms with Gasteiger partial charge in [0.2, 0.25) is 4.77 Å². The highest BCUT2D eigenvalue weighted by Crippen LogP contribution is 2.34. The molecule has 0 aliphatic rings. The lowest BCUT2D eigenvalue weighted by molar-refractivity contribution is 0.372. The van der Waals surface area contributed by atoms with E-state index in [4.69, 9.17) is 17.0 Å². The summed E-state index contributed by atoms with van der Waals surface area (Å²) in [5.41, 5.74) is 2.75. The van der Waals surface area contributed by atoms with Gasteiger partial charge in [-0.05, 0) is 58.3 Å². The number of methoxy groups -OCH3 is 1. The second kappa shape index (κ2) is 7.20. The highest BCUT2D eigenvalue weighted by molar-refractivity contribution is 9.10. The standard InChI is InChI=1S/C17H15BrN4O2S/c1-10-5-3-4-6-12(10)16-20-21-17(25)22(16)19-9-11-7-13(18)15(23)14(8-11)24-2/h3-9,23H,1-2H3,(H,21,25)/b19-9-. The third kappa shape index (κ3) is 3.49. The summed E-state index contributed by atoms with van der Waals surface area (Å²) < 4.78 is 7.61. The largest absolute Gasteiger partial charge is 0.503 e. The van der Waals surface area contributed by atoms with Crippen LogP contribution in [0.3, 0.4) is 0 Å². The number of aromatic amines is 1. The molecular formula is C17H15BrN4O2S. The molecule has 0 saturated carbocycles. The van der Waals surface area contributed by atoms with Crippen LogP contribution in [0.1, 0.15) is 11.1 Å². The molecule has 2 N–H and O–H groups in total. The summed E-state index contributed by atoms with van der Waals surface area (Å²) in [5, 5.41) is 21.4. The van der Waals surface area contributed by atoms with Gasteiger partial charge in [0, 0.05) is 5.56 Å². The summed E-state index contributed by atoms with van der Waals surface area (Å²) in [4.78, 5) is 0. The number of benzene rings is 2. The maximum Gasteiger partial charge on any atom is 0.216 e. The van der Waals surface area contributed by atoms with E-state index in [0.29, 0.717) is 20.8 Å². The lowest BCUT2D eigenvalue weighted by atomic mass is 10.1. The predicted molar refractivity (Wildman–Crippen MR) is 103 cm³/mol. The number of hydrogen-bond donors (Lipinski definition) is 2. The van der Waals surface area contributed by atoms with Gasteiger partial charge in [0.1, 0.15) is 0 Å². The molecular weight excluding hydrogens is 404 g/mol. The Balaban J connectivity index is 2.04. The number of halogens is 1. The molecule has 0 aliphatic heterocycles. The molecule has 0 unspecified atom stereocenters. The summed E-state index contributed by atoms with van der Waals surface area (Å²) in [6.45, 7) is 2.00. The zero-order valence-electron chi connectivity index (χ0n) is 13.5. The normalized spacial score (nSPS) is 11.2. The van der Waals surface area contributed by atoms with E-state index >= 15 is 0 Å². The Morgan fingerprint density at radius 1 is 1.36 bits per heavy atom. The van der Waals surface area contributed by atoms with Gasteiger partial charge in [0.05, 0.1) is 17.8 Å². The van der Waals surface area contributed by atoms with Crippen molar-refractivity contribution in [2.24, 2.45) is 5.10 Å². The van der Waals surface area contributed by atoms with E-state index in [1.807, 2.05) is 31.2 Å². The van der Waals surface area contributed by atoms with E-state index in [0.717, 1.165) is 16.7 Å². The minimum atomic E-state index is 0.0418. The van der Waals surface area contributed by atoms with Crippen molar-refractivity contribution in [1.29, 1.82) is 0 Å². The van der Waals surface area contributed by atoms with Crippen molar-refractivity contribution in [3.8, 4) is 22.9 Å². The summed E-state index contributed by atoms with van der Waals surface area (Å²) in [7, 11) is 1.49. The molecule has 0 fully saturated rings. The van der Waals surface area contributed by atoms with Crippen molar-refractivity contribution >= 4 is 34.4 Å². The number of nitrogens with one attached hydrogen (secondary N) is 1. The van der Waals surface area contributed by atoms with Crippen molar-refractivity contribution in [1.82, 2.24) is 14.9 Å². The van der Waals surface area contributed by atoms with Crippen LogP contribution in [0.15, 0.2) is 46.0 Å². The predicted octanol–water partition coefficient (Wildman–Crippen LogP) is 4.28. The number of aromatic nitrogens is 3. The van der Waals surface area contributed by atoms with Gasteiger partial charge in [-0.3, -0.25) is 0 Å². The van der Waals surface area contributed by atoms with Gasteiger partial charge in [0.15, 0.2) is 17.3 Å². The molecule has 0 amide bonds. The fourth-order valence-corrected chi connectivity index (χ4v) is 2.98. The number of ether oxygens (including phenoxy) is 1. The van der Waals surface area contributed by atoms with Crippen molar-refractivity contribution < 1.29 is 9.84 Å². The highest BCUT2D eigenvalue weighted by atomic mass is 79.9. The van der Waals surface area contributed by atoms with Crippen molar-refractivity contribution in [2.75, 3.05) is 7.11 Å². The molecule has 0 atom stereocenters. The zero-order chi connectivity index (χ0) is 18.0. The number of aromatic hydroxyl groups is 1. The van der Waals surface area contributed by atoms with Crippen LogP contribution < -0.4 is 4.74 Å². The number of phenols is 1. The Kier molecular flexibility index (Phi) is 5.00. The number of aryl methyl sites for hydroxylation is 1. The first-order valence-electron chi connectivity index (χ1n) is 7.35. The molecule has 1 heterocycles. The van der Waals surface area contributed by atoms with E-state index in [1.165, 1.54) is 7.11 Å². The van der Waals surface area contributed by atoms with Crippen LogP contribution in [0, 0.1) is 11.7 Å². The summed E-state index contributed by atoms with van der Waals surface area (Å²) >= 11 is 8.58. The summed E-state index contributed by atoms with van der Waals surface area (Å²) in [6.07, 6.45) is 1.62. The summed E-state index contributed by atoms with van der Waals surface area (Å²) in [6, 6.07) is 11.3. The van der Waals surface area contributed by atoms with E-state index < -0.39 is 0 Å². The Morgan fingerprint density at radius 2 is 2.12 bits per heavy atom. The second-order valence-corrected chi connectivity index (χ2v) is 6.52. The number of H-pyrrole nitrogens is 1. The number of phenolic OH excluding ortho intramolecular Hbond substituents is 1. The fraction of sp³-hybridized carbons (Fsp3) is 0.118. The van der Waals surface area contributed by atoms with E-state index in [-0.39, 0.29) is 5.75 Å². The molecule has 0 bridgehead atoms. The summed E-state index contributed by atoms with van der Waals surface area (Å²) in [5.74, 6) is 1.02. The minimum Gasteiger partial charge on any atom is -0.503 e. The number of hydrogen-bond acceptors (Lipinski definition) is 5. The topological polar surface area (TPSA) is 75.4 Å². The molecule has 0 spiro atoms. The van der Waals surface area contributed by atoms with Crippen molar-refractivity contribution in [3.05, 3.63) is 56.8 Å². The average Bonchev–Trinajstić information content (AvgIpc) is 2.96. The smallest absolute Gasteiger partial charge is 0.216 e. The monoisotopic (exact) mass is 418 g/mol. The van der Waals surface area contributed by atoms with Crippen LogP contribution in [0.2, 0.25) is 0 Å². The van der Waals surface area contributed by atoms with Gasteiger partial charge in [-0.2, -0.15) is 14.9 Å². The quantitative estimate of drug-likeness (QED) is 0.489. The first-order valence-corrected chi connectivity index (χ1v) is 8.55. The fourth-order valence-electron chi connectivity index (χ4n) is 2.35. The molecule has 3 rings (SSSR count). The van der Waals surface area contributed by atoms with Gasteiger partial charge >= 0.3 is 0 Å². The molecule has 8 heteroatoms. The number of rotatable bonds is 4. The van der Waals surface area contributed by atoms with Crippen LogP contribution in [-0.4, -0.2) is 33.3 Å². The van der Waals surface area contributed by atoms with Crippen LogP contribution in [0.25, 0.3) is 11.4 Å². The van der Waals surface area contributed by atoms with Gasteiger partial charge < -0.3 is 9.84 Å². The zero-order valence-corrected chi connectivity index (χ0v) is 15.9. The van der Waals surface area contributed by atoms with Crippen molar-refractivity contribution in [2.45, 2.75) is 6.92 Å². The second-order valence-electron chi connectivity index (χ2n) is 5.28.